The summed E-state index contributed by atoms with van der Waals surface area (Å²) in [4.78, 5) is 12.2. The molecule has 1 N–H and O–H groups in total. The van der Waals surface area contributed by atoms with Crippen LogP contribution < -0.4 is 14.8 Å². The molecule has 0 aromatic heterocycles. The smallest absolute Gasteiger partial charge is 0.332 e. The normalized spacial score (nSPS) is 11.1. The van der Waals surface area contributed by atoms with Crippen LogP contribution in [0.5, 0.6) is 11.5 Å². The number of rotatable bonds is 6. The van der Waals surface area contributed by atoms with Gasteiger partial charge in [-0.3, -0.25) is 0 Å². The minimum Gasteiger partial charge on any atom is -0.497 e. The zero-order valence-electron chi connectivity index (χ0n) is 13.7. The van der Waals surface area contributed by atoms with Crippen molar-refractivity contribution < 1.29 is 19.0 Å². The van der Waals surface area contributed by atoms with E-state index in [1.165, 1.54) is 21.3 Å². The van der Waals surface area contributed by atoms with Gasteiger partial charge in [-0.2, -0.15) is 5.26 Å². The SMILES string of the molecule is COC(=O)C(Nc1cccc(C#N)c1)c1cc(OC)cc(OC)c1. The number of esters is 1. The van der Waals surface area contributed by atoms with E-state index in [9.17, 15) is 4.79 Å². The Morgan fingerprint density at radius 2 is 1.75 bits per heavy atom. The molecule has 1 atom stereocenters. The van der Waals surface area contributed by atoms with Crippen LogP contribution in [0.15, 0.2) is 42.5 Å². The molecule has 0 amide bonds. The third-order valence-electron chi connectivity index (χ3n) is 3.45. The average molecular weight is 326 g/mol. The van der Waals surface area contributed by atoms with E-state index < -0.39 is 12.0 Å². The quantitative estimate of drug-likeness (QED) is 0.822. The van der Waals surface area contributed by atoms with E-state index in [-0.39, 0.29) is 0 Å². The number of ether oxygens (including phenoxy) is 3. The zero-order valence-corrected chi connectivity index (χ0v) is 13.7. The van der Waals surface area contributed by atoms with E-state index in [2.05, 4.69) is 11.4 Å². The van der Waals surface area contributed by atoms with Crippen molar-refractivity contribution in [2.24, 2.45) is 0 Å². The zero-order chi connectivity index (χ0) is 17.5. The predicted molar refractivity (Wildman–Crippen MR) is 89.1 cm³/mol. The second-order valence-electron chi connectivity index (χ2n) is 4.94. The Balaban J connectivity index is 2.42. The third-order valence-corrected chi connectivity index (χ3v) is 3.45. The minimum atomic E-state index is -0.770. The molecule has 0 aliphatic heterocycles. The first-order valence-corrected chi connectivity index (χ1v) is 7.18. The van der Waals surface area contributed by atoms with Gasteiger partial charge in [0.15, 0.2) is 6.04 Å². The molecule has 24 heavy (non-hydrogen) atoms. The molecule has 0 saturated heterocycles. The summed E-state index contributed by atoms with van der Waals surface area (Å²) in [5.74, 6) is 0.657. The Hall–Kier alpha value is -3.20. The molecule has 2 aromatic carbocycles. The molecule has 2 aromatic rings. The predicted octanol–water partition coefficient (Wildman–Crippen LogP) is 2.90. The van der Waals surface area contributed by atoms with E-state index >= 15 is 0 Å². The number of nitrogens with zero attached hydrogens (tertiary/aromatic N) is 1. The van der Waals surface area contributed by atoms with Gasteiger partial charge in [-0.25, -0.2) is 4.79 Å². The summed E-state index contributed by atoms with van der Waals surface area (Å²) in [5.41, 5.74) is 1.75. The van der Waals surface area contributed by atoms with Gasteiger partial charge in [0.25, 0.3) is 0 Å². The first kappa shape index (κ1) is 17.2. The lowest BCUT2D eigenvalue weighted by Gasteiger charge is -2.19. The maximum absolute atomic E-state index is 12.2. The molecule has 0 aliphatic carbocycles. The highest BCUT2D eigenvalue weighted by molar-refractivity contribution is 5.81. The Morgan fingerprint density at radius 1 is 1.08 bits per heavy atom. The van der Waals surface area contributed by atoms with E-state index in [0.717, 1.165) is 0 Å². The van der Waals surface area contributed by atoms with Gasteiger partial charge in [-0.1, -0.05) is 6.07 Å². The fourth-order valence-electron chi connectivity index (χ4n) is 2.24. The van der Waals surface area contributed by atoms with Crippen LogP contribution in [0.3, 0.4) is 0 Å². The Kier molecular flexibility index (Phi) is 5.63. The van der Waals surface area contributed by atoms with Crippen molar-refractivity contribution in [1.82, 2.24) is 0 Å². The van der Waals surface area contributed by atoms with Crippen LogP contribution in [0, 0.1) is 11.3 Å². The van der Waals surface area contributed by atoms with Crippen LogP contribution in [-0.4, -0.2) is 27.3 Å². The highest BCUT2D eigenvalue weighted by Crippen LogP contribution is 2.29. The van der Waals surface area contributed by atoms with Gasteiger partial charge >= 0.3 is 5.97 Å². The number of hydrogen-bond donors (Lipinski definition) is 1. The molecule has 0 bridgehead atoms. The number of nitriles is 1. The van der Waals surface area contributed by atoms with Crippen molar-refractivity contribution in [2.75, 3.05) is 26.6 Å². The molecule has 6 heteroatoms. The molecule has 0 spiro atoms. The molecule has 0 fully saturated rings. The summed E-state index contributed by atoms with van der Waals surface area (Å²) in [5, 5.41) is 12.1. The molecule has 0 aliphatic rings. The largest absolute Gasteiger partial charge is 0.497 e. The number of methoxy groups -OCH3 is 3. The number of anilines is 1. The Labute approximate surface area is 140 Å². The van der Waals surface area contributed by atoms with Crippen LogP contribution in [0.1, 0.15) is 17.2 Å². The van der Waals surface area contributed by atoms with Crippen molar-refractivity contribution in [3.8, 4) is 17.6 Å². The van der Waals surface area contributed by atoms with E-state index in [1.54, 1.807) is 42.5 Å². The molecule has 0 heterocycles. The second-order valence-corrected chi connectivity index (χ2v) is 4.94. The molecular formula is C18H18N2O4. The van der Waals surface area contributed by atoms with Gasteiger partial charge in [0.05, 0.1) is 33.0 Å². The molecule has 0 saturated carbocycles. The molecule has 124 valence electrons. The first-order valence-electron chi connectivity index (χ1n) is 7.18. The number of nitrogens with one attached hydrogen (secondary N) is 1. The van der Waals surface area contributed by atoms with Gasteiger partial charge in [0, 0.05) is 11.8 Å². The summed E-state index contributed by atoms with van der Waals surface area (Å²) in [7, 11) is 4.39. The molecule has 2 rings (SSSR count). The summed E-state index contributed by atoms with van der Waals surface area (Å²) < 4.78 is 15.4. The monoisotopic (exact) mass is 326 g/mol. The number of hydrogen-bond acceptors (Lipinski definition) is 6. The standard InChI is InChI=1S/C18H18N2O4/c1-22-15-8-13(9-16(10-15)23-2)17(18(21)24-3)20-14-6-4-5-12(7-14)11-19/h4-10,17,20H,1-3H3. The van der Waals surface area contributed by atoms with Gasteiger partial charge in [-0.05, 0) is 35.9 Å². The lowest BCUT2D eigenvalue weighted by molar-refractivity contribution is -0.141. The van der Waals surface area contributed by atoms with Crippen molar-refractivity contribution >= 4 is 11.7 Å². The van der Waals surface area contributed by atoms with Crippen LogP contribution in [-0.2, 0) is 9.53 Å². The lowest BCUT2D eigenvalue weighted by Crippen LogP contribution is -2.22. The summed E-state index contributed by atoms with van der Waals surface area (Å²) in [6, 6.07) is 13.3. The Bertz CT molecular complexity index is 746. The number of benzene rings is 2. The summed E-state index contributed by atoms with van der Waals surface area (Å²) in [6.07, 6.45) is 0. The van der Waals surface area contributed by atoms with Crippen molar-refractivity contribution in [3.05, 3.63) is 53.6 Å². The maximum atomic E-state index is 12.2. The number of carbonyl (C=O) groups excluding carboxylic acids is 1. The van der Waals surface area contributed by atoms with E-state index in [0.29, 0.717) is 28.3 Å². The second kappa shape index (κ2) is 7.88. The number of carbonyl (C=O) groups is 1. The highest BCUT2D eigenvalue weighted by Gasteiger charge is 2.23. The fraction of sp³-hybridized carbons (Fsp3) is 0.222. The van der Waals surface area contributed by atoms with Crippen LogP contribution in [0.2, 0.25) is 0 Å². The van der Waals surface area contributed by atoms with Gasteiger partial charge < -0.3 is 19.5 Å². The topological polar surface area (TPSA) is 80.6 Å². The van der Waals surface area contributed by atoms with Gasteiger partial charge in [0.1, 0.15) is 11.5 Å². The van der Waals surface area contributed by atoms with Crippen molar-refractivity contribution in [2.45, 2.75) is 6.04 Å². The summed E-state index contributed by atoms with van der Waals surface area (Å²) in [6.45, 7) is 0. The molecule has 6 nitrogen and oxygen atoms in total. The Morgan fingerprint density at radius 3 is 2.29 bits per heavy atom. The molecule has 1 unspecified atom stereocenters. The van der Waals surface area contributed by atoms with Gasteiger partial charge in [0.2, 0.25) is 0 Å². The van der Waals surface area contributed by atoms with Crippen LogP contribution in [0.25, 0.3) is 0 Å². The minimum absolute atomic E-state index is 0.465. The third kappa shape index (κ3) is 3.96. The van der Waals surface area contributed by atoms with Crippen molar-refractivity contribution in [1.29, 1.82) is 5.26 Å². The fourth-order valence-corrected chi connectivity index (χ4v) is 2.24. The van der Waals surface area contributed by atoms with Crippen LogP contribution in [0.4, 0.5) is 5.69 Å². The van der Waals surface area contributed by atoms with Gasteiger partial charge in [-0.15, -0.1) is 0 Å². The lowest BCUT2D eigenvalue weighted by atomic mass is 10.1. The first-order chi connectivity index (χ1) is 11.6. The van der Waals surface area contributed by atoms with E-state index in [4.69, 9.17) is 19.5 Å². The van der Waals surface area contributed by atoms with Crippen molar-refractivity contribution in [3.63, 3.8) is 0 Å². The maximum Gasteiger partial charge on any atom is 0.332 e. The van der Waals surface area contributed by atoms with E-state index in [1.807, 2.05) is 0 Å². The average Bonchev–Trinajstić information content (AvgIpc) is 2.65. The molecular weight excluding hydrogens is 308 g/mol. The molecule has 0 radical (unpaired) electrons. The van der Waals surface area contributed by atoms with Crippen LogP contribution >= 0.6 is 0 Å². The summed E-state index contributed by atoms with van der Waals surface area (Å²) >= 11 is 0. The highest BCUT2D eigenvalue weighted by atomic mass is 16.5.